The highest BCUT2D eigenvalue weighted by molar-refractivity contribution is 6.18. The number of alkyl halides is 2. The molecule has 0 aromatic heterocycles. The van der Waals surface area contributed by atoms with E-state index in [1.165, 1.54) is 0 Å². The van der Waals surface area contributed by atoms with Crippen LogP contribution in [0, 0.1) is 6.92 Å². The van der Waals surface area contributed by atoms with Crippen molar-refractivity contribution >= 4 is 34.8 Å². The predicted molar refractivity (Wildman–Crippen MR) is 125 cm³/mol. The lowest BCUT2D eigenvalue weighted by atomic mass is 9.88. The van der Waals surface area contributed by atoms with Crippen molar-refractivity contribution in [3.05, 3.63) is 101 Å². The molecule has 1 aliphatic rings. The molecule has 1 aliphatic heterocycles. The summed E-state index contributed by atoms with van der Waals surface area (Å²) in [5.74, 6) is 0.847. The lowest BCUT2D eigenvalue weighted by Crippen LogP contribution is -2.58. The molecule has 0 fully saturated rings. The van der Waals surface area contributed by atoms with Crippen molar-refractivity contribution in [3.63, 3.8) is 0 Å². The van der Waals surface area contributed by atoms with Gasteiger partial charge >= 0.3 is 0 Å². The molecule has 1 atom stereocenters. The van der Waals surface area contributed by atoms with Gasteiger partial charge in [-0.05, 0) is 30.7 Å². The summed E-state index contributed by atoms with van der Waals surface area (Å²) in [6, 6.07) is 26.1. The lowest BCUT2D eigenvalue weighted by Gasteiger charge is -2.47. The smallest absolute Gasteiger partial charge is 0.260 e. The van der Waals surface area contributed by atoms with Crippen molar-refractivity contribution in [2.24, 2.45) is 0 Å². The molecule has 0 saturated carbocycles. The topological polar surface area (TPSA) is 23.6 Å². The zero-order chi connectivity index (χ0) is 21.1. The van der Waals surface area contributed by atoms with Crippen LogP contribution in [0.15, 0.2) is 78.9 Å². The fraction of sp³-hybridized carbons (Fsp3) is 0.240. The van der Waals surface area contributed by atoms with E-state index in [4.69, 9.17) is 23.2 Å². The molecular formula is C25H24Cl2N2O. The quantitative estimate of drug-likeness (QED) is 0.445. The largest absolute Gasteiger partial charge is 0.281 e. The van der Waals surface area contributed by atoms with E-state index < -0.39 is 5.66 Å². The third-order valence-electron chi connectivity index (χ3n) is 5.69. The van der Waals surface area contributed by atoms with Crippen molar-refractivity contribution in [3.8, 4) is 0 Å². The number of hydrogen-bond donors (Lipinski definition) is 0. The zero-order valence-corrected chi connectivity index (χ0v) is 18.4. The molecule has 0 radical (unpaired) electrons. The first-order valence-corrected chi connectivity index (χ1v) is 11.1. The number of benzene rings is 3. The van der Waals surface area contributed by atoms with E-state index in [1.54, 1.807) is 0 Å². The maximum atomic E-state index is 13.8. The van der Waals surface area contributed by atoms with Crippen molar-refractivity contribution in [2.45, 2.75) is 12.6 Å². The molecule has 0 bridgehead atoms. The van der Waals surface area contributed by atoms with Crippen LogP contribution in [0.2, 0.25) is 0 Å². The molecule has 4 rings (SSSR count). The molecule has 1 heterocycles. The van der Waals surface area contributed by atoms with Crippen LogP contribution in [-0.2, 0) is 5.66 Å². The van der Waals surface area contributed by atoms with E-state index >= 15 is 0 Å². The van der Waals surface area contributed by atoms with Crippen LogP contribution in [0.3, 0.4) is 0 Å². The molecule has 0 aliphatic carbocycles. The summed E-state index contributed by atoms with van der Waals surface area (Å²) in [7, 11) is 0. The molecule has 3 nitrogen and oxygen atoms in total. The Morgan fingerprint density at radius 2 is 1.43 bits per heavy atom. The molecule has 3 aromatic carbocycles. The number of fused-ring (bicyclic) bond motifs is 1. The second kappa shape index (κ2) is 8.81. The summed E-state index contributed by atoms with van der Waals surface area (Å²) >= 11 is 12.5. The second-order valence-electron chi connectivity index (χ2n) is 7.42. The van der Waals surface area contributed by atoms with Gasteiger partial charge in [0, 0.05) is 41.7 Å². The van der Waals surface area contributed by atoms with Gasteiger partial charge in [0.1, 0.15) is 0 Å². The van der Waals surface area contributed by atoms with E-state index in [1.807, 2.05) is 78.6 Å². The molecule has 0 N–H and O–H groups in total. The van der Waals surface area contributed by atoms with Crippen LogP contribution in [0.4, 0.5) is 5.69 Å². The molecule has 5 heteroatoms. The van der Waals surface area contributed by atoms with E-state index in [0.717, 1.165) is 22.4 Å². The fourth-order valence-electron chi connectivity index (χ4n) is 4.45. The number of anilines is 1. The summed E-state index contributed by atoms with van der Waals surface area (Å²) in [6.07, 6.45) is 0. The first-order chi connectivity index (χ1) is 14.6. The first-order valence-electron chi connectivity index (χ1n) is 10.1. The Morgan fingerprint density at radius 3 is 2.07 bits per heavy atom. The molecule has 1 amide bonds. The number of carbonyl (C=O) groups excluding carboxylic acids is 1. The number of rotatable bonds is 7. The highest BCUT2D eigenvalue weighted by Gasteiger charge is 2.54. The Morgan fingerprint density at radius 1 is 0.833 bits per heavy atom. The third kappa shape index (κ3) is 3.31. The van der Waals surface area contributed by atoms with Crippen molar-refractivity contribution in [1.82, 2.24) is 4.90 Å². The van der Waals surface area contributed by atoms with Gasteiger partial charge in [-0.3, -0.25) is 14.6 Å². The number of carbonyl (C=O) groups is 1. The van der Waals surface area contributed by atoms with E-state index in [0.29, 0.717) is 30.4 Å². The van der Waals surface area contributed by atoms with Crippen molar-refractivity contribution in [1.29, 1.82) is 0 Å². The van der Waals surface area contributed by atoms with Gasteiger partial charge in [-0.15, -0.1) is 23.2 Å². The summed E-state index contributed by atoms with van der Waals surface area (Å²) < 4.78 is 0. The maximum absolute atomic E-state index is 13.8. The number of aryl methyl sites for hydroxylation is 1. The fourth-order valence-corrected chi connectivity index (χ4v) is 4.86. The number of hydrogen-bond acceptors (Lipinski definition) is 2. The summed E-state index contributed by atoms with van der Waals surface area (Å²) in [6.45, 7) is 3.22. The minimum atomic E-state index is -0.825. The predicted octanol–water partition coefficient (Wildman–Crippen LogP) is 5.64. The van der Waals surface area contributed by atoms with Gasteiger partial charge in [-0.25, -0.2) is 0 Å². The van der Waals surface area contributed by atoms with Crippen LogP contribution < -0.4 is 4.90 Å². The Labute approximate surface area is 187 Å². The van der Waals surface area contributed by atoms with Gasteiger partial charge < -0.3 is 0 Å². The minimum Gasteiger partial charge on any atom is -0.281 e. The van der Waals surface area contributed by atoms with Gasteiger partial charge in [0.25, 0.3) is 5.91 Å². The molecule has 154 valence electrons. The van der Waals surface area contributed by atoms with Crippen molar-refractivity contribution < 1.29 is 4.79 Å². The monoisotopic (exact) mass is 438 g/mol. The van der Waals surface area contributed by atoms with Crippen LogP contribution in [0.25, 0.3) is 0 Å². The Hall–Kier alpha value is -2.33. The number of amides is 1. The molecule has 30 heavy (non-hydrogen) atoms. The standard InChI is InChI=1S/C25H24Cl2N2O/c1-19-11-13-21(14-12-19)29-24(30)22-9-5-6-10-23(22)25(29,20-7-3-2-4-8-20)28(17-15-26)18-16-27/h2-14H,15-18H2,1H3/t25-/m0/s1. The van der Waals surface area contributed by atoms with E-state index in [2.05, 4.69) is 17.0 Å². The first kappa shape index (κ1) is 20.9. The lowest BCUT2D eigenvalue weighted by molar-refractivity contribution is 0.0892. The average molecular weight is 439 g/mol. The zero-order valence-electron chi connectivity index (χ0n) is 16.9. The number of halogens is 2. The van der Waals surface area contributed by atoms with Gasteiger partial charge in [0.15, 0.2) is 5.66 Å². The van der Waals surface area contributed by atoms with Gasteiger partial charge in [-0.1, -0.05) is 66.2 Å². The van der Waals surface area contributed by atoms with Crippen LogP contribution in [0.5, 0.6) is 0 Å². The minimum absolute atomic E-state index is 0.0209. The van der Waals surface area contributed by atoms with Gasteiger partial charge in [0.2, 0.25) is 0 Å². The van der Waals surface area contributed by atoms with Gasteiger partial charge in [0.05, 0.1) is 0 Å². The maximum Gasteiger partial charge on any atom is 0.260 e. The van der Waals surface area contributed by atoms with E-state index in [-0.39, 0.29) is 5.91 Å². The summed E-state index contributed by atoms with van der Waals surface area (Å²) in [5.41, 5.74) is 3.84. The van der Waals surface area contributed by atoms with Crippen LogP contribution >= 0.6 is 23.2 Å². The van der Waals surface area contributed by atoms with E-state index in [9.17, 15) is 4.79 Å². The summed E-state index contributed by atoms with van der Waals surface area (Å²) in [5, 5.41) is 0. The Kier molecular flexibility index (Phi) is 6.14. The highest BCUT2D eigenvalue weighted by Crippen LogP contribution is 2.48. The molecular weight excluding hydrogens is 415 g/mol. The Balaban J connectivity index is 2.07. The molecule has 0 saturated heterocycles. The second-order valence-corrected chi connectivity index (χ2v) is 8.18. The van der Waals surface area contributed by atoms with Crippen molar-refractivity contribution in [2.75, 3.05) is 29.7 Å². The summed E-state index contributed by atoms with van der Waals surface area (Å²) in [4.78, 5) is 18.0. The number of nitrogens with zero attached hydrogens (tertiary/aromatic N) is 2. The molecule has 0 unspecified atom stereocenters. The van der Waals surface area contributed by atoms with Crippen LogP contribution in [0.1, 0.15) is 27.0 Å². The highest BCUT2D eigenvalue weighted by atomic mass is 35.5. The van der Waals surface area contributed by atoms with Crippen LogP contribution in [-0.4, -0.2) is 35.7 Å². The average Bonchev–Trinajstić information content (AvgIpc) is 3.04. The Bertz CT molecular complexity index is 1020. The molecule has 3 aromatic rings. The third-order valence-corrected chi connectivity index (χ3v) is 6.03. The van der Waals surface area contributed by atoms with Gasteiger partial charge in [-0.2, -0.15) is 0 Å². The normalized spacial score (nSPS) is 18.1. The SMILES string of the molecule is Cc1ccc(N2C(=O)c3ccccc3[C@@]2(c2ccccc2)N(CCCl)CCCl)cc1. The molecule has 0 spiro atoms.